The average Bonchev–Trinajstić information content (AvgIpc) is 3.11. The van der Waals surface area contributed by atoms with Crippen molar-refractivity contribution in [1.82, 2.24) is 9.88 Å². The van der Waals surface area contributed by atoms with E-state index in [4.69, 9.17) is 4.74 Å². The fourth-order valence-corrected chi connectivity index (χ4v) is 3.78. The molecule has 2 amide bonds. The van der Waals surface area contributed by atoms with Crippen LogP contribution in [0.4, 0.5) is 11.5 Å². The maximum absolute atomic E-state index is 12.6. The fraction of sp³-hybridized carbons (Fsp3) is 0.269. The van der Waals surface area contributed by atoms with Crippen molar-refractivity contribution >= 4 is 23.3 Å². The summed E-state index contributed by atoms with van der Waals surface area (Å²) >= 11 is 0. The summed E-state index contributed by atoms with van der Waals surface area (Å²) in [6.45, 7) is 2.87. The first-order valence-corrected chi connectivity index (χ1v) is 11.2. The lowest BCUT2D eigenvalue weighted by molar-refractivity contribution is -0.133. The fourth-order valence-electron chi connectivity index (χ4n) is 3.78. The predicted octanol–water partition coefficient (Wildman–Crippen LogP) is 3.38. The van der Waals surface area contributed by atoms with E-state index in [0.29, 0.717) is 37.5 Å². The molecule has 2 aromatic carbocycles. The van der Waals surface area contributed by atoms with Gasteiger partial charge >= 0.3 is 0 Å². The molecule has 0 unspecified atom stereocenters. The van der Waals surface area contributed by atoms with Gasteiger partial charge in [-0.15, -0.1) is 0 Å². The van der Waals surface area contributed by atoms with Crippen LogP contribution in [0.1, 0.15) is 12.0 Å². The Morgan fingerprint density at radius 3 is 2.36 bits per heavy atom. The van der Waals surface area contributed by atoms with Crippen molar-refractivity contribution in [1.29, 1.82) is 0 Å². The lowest BCUT2D eigenvalue weighted by Crippen LogP contribution is -2.38. The SMILES string of the molecule is O=C(Cc1ccccc1)Nc1ccc(N2CCCN(C(=O)COc3ccccc3)CC2)nc1. The number of carbonyl (C=O) groups is 2. The van der Waals surface area contributed by atoms with E-state index in [2.05, 4.69) is 15.2 Å². The van der Waals surface area contributed by atoms with E-state index in [0.717, 1.165) is 24.3 Å². The highest BCUT2D eigenvalue weighted by Gasteiger charge is 2.20. The number of hydrogen-bond acceptors (Lipinski definition) is 5. The number of anilines is 2. The van der Waals surface area contributed by atoms with Gasteiger partial charge in [0.2, 0.25) is 5.91 Å². The van der Waals surface area contributed by atoms with Crippen LogP contribution in [-0.4, -0.2) is 54.5 Å². The van der Waals surface area contributed by atoms with Gasteiger partial charge in [-0.05, 0) is 36.2 Å². The number of para-hydroxylation sites is 1. The molecule has 3 aromatic rings. The van der Waals surface area contributed by atoms with Crippen molar-refractivity contribution in [2.75, 3.05) is 43.0 Å². The van der Waals surface area contributed by atoms with Gasteiger partial charge in [-0.3, -0.25) is 9.59 Å². The van der Waals surface area contributed by atoms with E-state index in [1.165, 1.54) is 0 Å². The smallest absolute Gasteiger partial charge is 0.260 e. The highest BCUT2D eigenvalue weighted by molar-refractivity contribution is 5.92. The second-order valence-electron chi connectivity index (χ2n) is 7.94. The van der Waals surface area contributed by atoms with Gasteiger partial charge in [0, 0.05) is 26.2 Å². The Hall–Kier alpha value is -3.87. The molecule has 0 atom stereocenters. The number of hydrogen-bond donors (Lipinski definition) is 1. The monoisotopic (exact) mass is 444 g/mol. The molecule has 1 N–H and O–H groups in total. The van der Waals surface area contributed by atoms with Crippen LogP contribution in [0.3, 0.4) is 0 Å². The summed E-state index contributed by atoms with van der Waals surface area (Å²) in [5.74, 6) is 1.45. The van der Waals surface area contributed by atoms with Gasteiger partial charge in [0.1, 0.15) is 11.6 Å². The molecular formula is C26H28N4O3. The summed E-state index contributed by atoms with van der Waals surface area (Å²) in [5, 5.41) is 2.90. The molecule has 0 radical (unpaired) electrons. The Bertz CT molecular complexity index is 1040. The Balaban J connectivity index is 1.26. The van der Waals surface area contributed by atoms with Gasteiger partial charge in [0.05, 0.1) is 18.3 Å². The van der Waals surface area contributed by atoms with Gasteiger partial charge in [0.15, 0.2) is 6.61 Å². The van der Waals surface area contributed by atoms with Crippen molar-refractivity contribution in [2.45, 2.75) is 12.8 Å². The zero-order valence-electron chi connectivity index (χ0n) is 18.5. The van der Waals surface area contributed by atoms with E-state index in [1.54, 1.807) is 6.20 Å². The van der Waals surface area contributed by atoms with Crippen LogP contribution in [0.15, 0.2) is 79.0 Å². The normalized spacial score (nSPS) is 13.8. The molecule has 33 heavy (non-hydrogen) atoms. The van der Waals surface area contributed by atoms with Crippen molar-refractivity contribution < 1.29 is 14.3 Å². The summed E-state index contributed by atoms with van der Waals surface area (Å²) in [5.41, 5.74) is 1.64. The topological polar surface area (TPSA) is 74.8 Å². The average molecular weight is 445 g/mol. The van der Waals surface area contributed by atoms with Crippen LogP contribution < -0.4 is 15.0 Å². The van der Waals surface area contributed by atoms with E-state index in [9.17, 15) is 9.59 Å². The van der Waals surface area contributed by atoms with Crippen molar-refractivity contribution in [3.63, 3.8) is 0 Å². The van der Waals surface area contributed by atoms with Gasteiger partial charge in [-0.1, -0.05) is 48.5 Å². The number of rotatable bonds is 7. The quantitative estimate of drug-likeness (QED) is 0.605. The Morgan fingerprint density at radius 1 is 0.879 bits per heavy atom. The minimum absolute atomic E-state index is 0.00913. The second kappa shape index (κ2) is 11.1. The molecule has 2 heterocycles. The number of benzene rings is 2. The van der Waals surface area contributed by atoms with Crippen LogP contribution in [0.2, 0.25) is 0 Å². The summed E-state index contributed by atoms with van der Waals surface area (Å²) in [7, 11) is 0. The molecule has 0 bridgehead atoms. The molecule has 1 aromatic heterocycles. The third kappa shape index (κ3) is 6.55. The first-order chi connectivity index (χ1) is 16.2. The first-order valence-electron chi connectivity index (χ1n) is 11.2. The number of carbonyl (C=O) groups excluding carboxylic acids is 2. The largest absolute Gasteiger partial charge is 0.484 e. The second-order valence-corrected chi connectivity index (χ2v) is 7.94. The molecule has 0 aliphatic carbocycles. The Kier molecular flexibility index (Phi) is 7.53. The minimum Gasteiger partial charge on any atom is -0.484 e. The van der Waals surface area contributed by atoms with Gasteiger partial charge in [0.25, 0.3) is 5.91 Å². The molecular weight excluding hydrogens is 416 g/mol. The summed E-state index contributed by atoms with van der Waals surface area (Å²) in [4.78, 5) is 33.4. The number of nitrogens with one attached hydrogen (secondary N) is 1. The standard InChI is InChI=1S/C26H28N4O3/c31-25(18-21-8-3-1-4-9-21)28-22-12-13-24(27-19-22)29-14-7-15-30(17-16-29)26(32)20-33-23-10-5-2-6-11-23/h1-6,8-13,19H,7,14-18,20H2,(H,28,31). The lowest BCUT2D eigenvalue weighted by atomic mass is 10.1. The number of amides is 2. The lowest BCUT2D eigenvalue weighted by Gasteiger charge is -2.23. The van der Waals surface area contributed by atoms with Crippen LogP contribution in [0, 0.1) is 0 Å². The molecule has 0 spiro atoms. The summed E-state index contributed by atoms with van der Waals surface area (Å²) in [6.07, 6.45) is 2.86. The van der Waals surface area contributed by atoms with E-state index in [-0.39, 0.29) is 18.4 Å². The number of nitrogens with zero attached hydrogens (tertiary/aromatic N) is 3. The van der Waals surface area contributed by atoms with Gasteiger partial charge in [-0.2, -0.15) is 0 Å². The third-order valence-electron chi connectivity index (χ3n) is 5.52. The van der Waals surface area contributed by atoms with Gasteiger partial charge in [-0.25, -0.2) is 4.98 Å². The molecule has 1 fully saturated rings. The Morgan fingerprint density at radius 2 is 1.64 bits per heavy atom. The molecule has 4 rings (SSSR count). The van der Waals surface area contributed by atoms with Crippen molar-refractivity contribution in [3.05, 3.63) is 84.6 Å². The molecule has 1 aliphatic heterocycles. The zero-order chi connectivity index (χ0) is 22.9. The summed E-state index contributed by atoms with van der Waals surface area (Å²) in [6, 6.07) is 22.8. The maximum atomic E-state index is 12.6. The van der Waals surface area contributed by atoms with E-state index >= 15 is 0 Å². The molecule has 170 valence electrons. The van der Waals surface area contributed by atoms with Crippen LogP contribution in [0.5, 0.6) is 5.75 Å². The molecule has 7 heteroatoms. The van der Waals surface area contributed by atoms with E-state index < -0.39 is 0 Å². The van der Waals surface area contributed by atoms with E-state index in [1.807, 2.05) is 77.7 Å². The predicted molar refractivity (Wildman–Crippen MR) is 128 cm³/mol. The van der Waals surface area contributed by atoms with Gasteiger partial charge < -0.3 is 19.9 Å². The van der Waals surface area contributed by atoms with Crippen LogP contribution in [-0.2, 0) is 16.0 Å². The van der Waals surface area contributed by atoms with Crippen LogP contribution in [0.25, 0.3) is 0 Å². The molecule has 1 aliphatic rings. The molecule has 1 saturated heterocycles. The first kappa shape index (κ1) is 22.3. The Labute approximate surface area is 194 Å². The zero-order valence-corrected chi connectivity index (χ0v) is 18.5. The third-order valence-corrected chi connectivity index (χ3v) is 5.52. The minimum atomic E-state index is -0.0719. The highest BCUT2D eigenvalue weighted by Crippen LogP contribution is 2.17. The van der Waals surface area contributed by atoms with Crippen LogP contribution >= 0.6 is 0 Å². The number of aromatic nitrogens is 1. The van der Waals surface area contributed by atoms with Crippen molar-refractivity contribution in [2.24, 2.45) is 0 Å². The summed E-state index contributed by atoms with van der Waals surface area (Å²) < 4.78 is 5.60. The molecule has 7 nitrogen and oxygen atoms in total. The van der Waals surface area contributed by atoms with Crippen molar-refractivity contribution in [3.8, 4) is 5.75 Å². The maximum Gasteiger partial charge on any atom is 0.260 e. The molecule has 0 saturated carbocycles. The number of pyridine rings is 1. The highest BCUT2D eigenvalue weighted by atomic mass is 16.5. The number of ether oxygens (including phenoxy) is 1.